The topological polar surface area (TPSA) is 26.3 Å². The molecule has 3 heteroatoms. The Bertz CT molecular complexity index is 377. The van der Waals surface area contributed by atoms with Crippen molar-refractivity contribution in [2.45, 2.75) is 36.2 Å². The molecule has 3 fully saturated rings. The number of esters is 1. The van der Waals surface area contributed by atoms with Gasteiger partial charge in [-0.15, -0.1) is 0 Å². The third kappa shape index (κ3) is 1.12. The highest BCUT2D eigenvalue weighted by Gasteiger charge is 2.75. The van der Waals surface area contributed by atoms with E-state index >= 15 is 0 Å². The van der Waals surface area contributed by atoms with Crippen molar-refractivity contribution < 1.29 is 9.53 Å². The van der Waals surface area contributed by atoms with Crippen LogP contribution in [0.2, 0.25) is 0 Å². The zero-order valence-electron chi connectivity index (χ0n) is 9.04. The smallest absolute Gasteiger partial charge is 0.384 e. The van der Waals surface area contributed by atoms with E-state index in [4.69, 9.17) is 4.74 Å². The Morgan fingerprint density at radius 2 is 2.53 bits per heavy atom. The lowest BCUT2D eigenvalue weighted by Gasteiger charge is -2.40. The summed E-state index contributed by atoms with van der Waals surface area (Å²) >= 11 is 0. The van der Waals surface area contributed by atoms with Crippen LogP contribution < -0.4 is 0 Å². The maximum Gasteiger partial charge on any atom is 0.384 e. The predicted octanol–water partition coefficient (Wildman–Crippen LogP) is 1.68. The zero-order valence-corrected chi connectivity index (χ0v) is 9.86. The first-order chi connectivity index (χ1) is 7.22. The lowest BCUT2D eigenvalue weighted by Crippen LogP contribution is -2.30. The van der Waals surface area contributed by atoms with Crippen LogP contribution in [-0.4, -0.2) is 34.1 Å². The quantitative estimate of drug-likeness (QED) is 0.293. The molecule has 0 aromatic rings. The largest absolute Gasteiger partial charge is 0.456 e. The van der Waals surface area contributed by atoms with E-state index in [9.17, 15) is 4.79 Å². The van der Waals surface area contributed by atoms with Gasteiger partial charge in [0, 0.05) is 11.7 Å². The summed E-state index contributed by atoms with van der Waals surface area (Å²) in [4.78, 5) is 11.2. The molecule has 3 atom stereocenters. The van der Waals surface area contributed by atoms with Gasteiger partial charge >= 0.3 is 5.97 Å². The van der Waals surface area contributed by atoms with E-state index in [0.29, 0.717) is 11.4 Å². The molecule has 15 heavy (non-hydrogen) atoms. The van der Waals surface area contributed by atoms with Gasteiger partial charge in [0.2, 0.25) is 0 Å². The van der Waals surface area contributed by atoms with E-state index in [1.807, 2.05) is 6.92 Å². The standard InChI is InChI=1S/C12H16O2S/c1-2-14-11(13)5-6-12-8-10-4-3-7-15(10,12)9-12/h10H,2-4,7-9H2,1H3. The molecule has 0 bridgehead atoms. The summed E-state index contributed by atoms with van der Waals surface area (Å²) in [5, 5.41) is 1.01. The average Bonchev–Trinajstić information content (AvgIpc) is 2.46. The predicted molar refractivity (Wildman–Crippen MR) is 62.1 cm³/mol. The third-order valence-corrected chi connectivity index (χ3v) is 9.40. The van der Waals surface area contributed by atoms with Crippen molar-refractivity contribution in [3.8, 4) is 11.8 Å². The van der Waals surface area contributed by atoms with Crippen molar-refractivity contribution in [1.82, 2.24) is 0 Å². The molecule has 1 spiro atoms. The van der Waals surface area contributed by atoms with Crippen LogP contribution in [0.25, 0.3) is 0 Å². The van der Waals surface area contributed by atoms with Crippen molar-refractivity contribution in [2.75, 3.05) is 18.1 Å². The molecule has 82 valence electrons. The first-order valence-electron chi connectivity index (χ1n) is 5.69. The number of hydrogen-bond donors (Lipinski definition) is 0. The second-order valence-corrected chi connectivity index (χ2v) is 8.76. The van der Waals surface area contributed by atoms with Crippen LogP contribution in [0, 0.1) is 11.8 Å². The Hall–Kier alpha value is -0.620. The number of rotatable bonds is 1. The Balaban J connectivity index is 1.69. The molecule has 0 aromatic carbocycles. The minimum atomic E-state index is -0.338. The fourth-order valence-corrected chi connectivity index (χ4v) is 8.88. The van der Waals surface area contributed by atoms with Gasteiger partial charge in [-0.05, 0) is 37.2 Å². The summed E-state index contributed by atoms with van der Waals surface area (Å²) < 4.78 is 5.15. The van der Waals surface area contributed by atoms with E-state index in [2.05, 4.69) is 11.8 Å². The van der Waals surface area contributed by atoms with E-state index in [-0.39, 0.29) is 16.0 Å². The van der Waals surface area contributed by atoms with Crippen LogP contribution in [0.1, 0.15) is 26.2 Å². The molecule has 0 aliphatic carbocycles. The van der Waals surface area contributed by atoms with E-state index < -0.39 is 0 Å². The average molecular weight is 224 g/mol. The van der Waals surface area contributed by atoms with Crippen molar-refractivity contribution in [3.05, 3.63) is 0 Å². The third-order valence-electron chi connectivity index (χ3n) is 4.08. The Labute approximate surface area is 92.1 Å². The van der Waals surface area contributed by atoms with Crippen LogP contribution in [0.5, 0.6) is 0 Å². The SMILES string of the molecule is CCOC(=O)C#CC12CC3CCCS31C2. The molecule has 0 saturated carbocycles. The Kier molecular flexibility index (Phi) is 1.88. The second kappa shape index (κ2) is 2.95. The van der Waals surface area contributed by atoms with Gasteiger partial charge in [0.25, 0.3) is 0 Å². The number of carbonyl (C=O) groups excluding carboxylic acids is 1. The lowest BCUT2D eigenvalue weighted by atomic mass is 10.0. The van der Waals surface area contributed by atoms with Crippen LogP contribution in [0.4, 0.5) is 0 Å². The van der Waals surface area contributed by atoms with Crippen molar-refractivity contribution in [1.29, 1.82) is 0 Å². The molecule has 3 unspecified atom stereocenters. The molecule has 2 nitrogen and oxygen atoms in total. The van der Waals surface area contributed by atoms with E-state index in [1.54, 1.807) is 0 Å². The van der Waals surface area contributed by atoms with Crippen molar-refractivity contribution in [2.24, 2.45) is 0 Å². The Morgan fingerprint density at radius 1 is 1.67 bits per heavy atom. The number of ether oxygens (including phenoxy) is 1. The minimum absolute atomic E-state index is 0.320. The summed E-state index contributed by atoms with van der Waals surface area (Å²) in [6.45, 7) is 2.25. The highest BCUT2D eigenvalue weighted by Crippen LogP contribution is 2.91. The van der Waals surface area contributed by atoms with Gasteiger partial charge in [0.05, 0.1) is 11.4 Å². The summed E-state index contributed by atoms with van der Waals surface area (Å²) in [6, 6.07) is 0. The molecule has 0 aromatic heterocycles. The summed E-state index contributed by atoms with van der Waals surface area (Å²) in [7, 11) is -0.331. The van der Waals surface area contributed by atoms with Crippen molar-refractivity contribution >= 4 is 16.0 Å². The molecule has 0 N–H and O–H groups in total. The maximum atomic E-state index is 11.2. The van der Waals surface area contributed by atoms with Gasteiger partial charge in [-0.25, -0.2) is 14.8 Å². The van der Waals surface area contributed by atoms with E-state index in [0.717, 1.165) is 5.25 Å². The molecule has 0 amide bonds. The fraction of sp³-hybridized carbons (Fsp3) is 0.750. The summed E-state index contributed by atoms with van der Waals surface area (Å²) in [5.74, 6) is 8.33. The second-order valence-electron chi connectivity index (χ2n) is 4.73. The number of hydrogen-bond acceptors (Lipinski definition) is 2. The maximum absolute atomic E-state index is 11.2. The molecule has 3 saturated heterocycles. The van der Waals surface area contributed by atoms with Crippen LogP contribution in [0.3, 0.4) is 0 Å². The zero-order chi connectivity index (χ0) is 10.5. The van der Waals surface area contributed by atoms with Crippen LogP contribution >= 0.6 is 10.0 Å². The summed E-state index contributed by atoms with van der Waals surface area (Å²) in [5.41, 5.74) is 0. The van der Waals surface area contributed by atoms with E-state index in [1.165, 1.54) is 30.8 Å². The van der Waals surface area contributed by atoms with Crippen molar-refractivity contribution in [3.63, 3.8) is 0 Å². The van der Waals surface area contributed by atoms with Gasteiger partial charge in [-0.1, -0.05) is 5.92 Å². The minimum Gasteiger partial charge on any atom is -0.456 e. The first-order valence-corrected chi connectivity index (χ1v) is 7.73. The van der Waals surface area contributed by atoms with Gasteiger partial charge in [-0.2, -0.15) is 0 Å². The normalized spacial score (nSPS) is 48.5. The molecule has 0 radical (unpaired) electrons. The number of carbonyl (C=O) groups is 1. The first kappa shape index (κ1) is 9.59. The fourth-order valence-electron chi connectivity index (χ4n) is 3.33. The molecule has 3 heterocycles. The highest BCUT2D eigenvalue weighted by molar-refractivity contribution is 8.42. The lowest BCUT2D eigenvalue weighted by molar-refractivity contribution is -0.136. The molecular formula is C12H16O2S. The molecular weight excluding hydrogens is 208 g/mol. The Morgan fingerprint density at radius 3 is 3.27 bits per heavy atom. The molecule has 3 aliphatic rings. The van der Waals surface area contributed by atoms with Gasteiger partial charge in [0.15, 0.2) is 0 Å². The van der Waals surface area contributed by atoms with Gasteiger partial charge in [0.1, 0.15) is 0 Å². The monoisotopic (exact) mass is 224 g/mol. The highest BCUT2D eigenvalue weighted by atomic mass is 32.3. The van der Waals surface area contributed by atoms with Crippen LogP contribution in [0.15, 0.2) is 0 Å². The summed E-state index contributed by atoms with van der Waals surface area (Å²) in [6.07, 6.45) is 4.11. The van der Waals surface area contributed by atoms with Gasteiger partial charge in [-0.3, -0.25) is 0 Å². The van der Waals surface area contributed by atoms with Gasteiger partial charge < -0.3 is 4.74 Å². The molecule has 3 aliphatic heterocycles. The van der Waals surface area contributed by atoms with Crippen LogP contribution in [-0.2, 0) is 9.53 Å². The molecule has 3 rings (SSSR count).